The van der Waals surface area contributed by atoms with Crippen LogP contribution in [0.2, 0.25) is 0 Å². The van der Waals surface area contributed by atoms with E-state index in [1.54, 1.807) is 0 Å². The minimum absolute atomic E-state index is 0.0545. The van der Waals surface area contributed by atoms with Crippen LogP contribution in [0.4, 0.5) is 0 Å². The molecule has 3 amide bonds. The van der Waals surface area contributed by atoms with Gasteiger partial charge in [0.05, 0.1) is 6.04 Å². The molecule has 0 aromatic rings. The van der Waals surface area contributed by atoms with Crippen LogP contribution in [0.5, 0.6) is 0 Å². The Morgan fingerprint density at radius 1 is 1.12 bits per heavy atom. The number of thioether (sulfide) groups is 1. The van der Waals surface area contributed by atoms with E-state index in [0.29, 0.717) is 12.2 Å². The Bertz CT molecular complexity index is 464. The van der Waals surface area contributed by atoms with E-state index in [0.717, 1.165) is 0 Å². The molecule has 24 heavy (non-hydrogen) atoms. The van der Waals surface area contributed by atoms with Crippen LogP contribution < -0.4 is 22.1 Å². The third kappa shape index (κ3) is 8.99. The van der Waals surface area contributed by atoms with E-state index in [2.05, 4.69) is 23.3 Å². The van der Waals surface area contributed by atoms with Crippen molar-refractivity contribution in [3.8, 4) is 0 Å². The lowest BCUT2D eigenvalue weighted by molar-refractivity contribution is -0.141. The van der Waals surface area contributed by atoms with Gasteiger partial charge in [-0.15, -0.1) is 0 Å². The largest absolute Gasteiger partial charge is 0.480 e. The van der Waals surface area contributed by atoms with Crippen molar-refractivity contribution in [1.82, 2.24) is 10.6 Å². The predicted octanol–water partition coefficient (Wildman–Crippen LogP) is -1.68. The molecule has 0 bridgehead atoms. The van der Waals surface area contributed by atoms with Crippen LogP contribution in [0.3, 0.4) is 0 Å². The first kappa shape index (κ1) is 22.5. The zero-order valence-electron chi connectivity index (χ0n) is 13.4. The molecule has 0 fully saturated rings. The number of amides is 3. The number of carboxylic acids is 1. The van der Waals surface area contributed by atoms with Crippen LogP contribution in [0.1, 0.15) is 19.3 Å². The van der Waals surface area contributed by atoms with E-state index in [1.807, 2.05) is 6.26 Å². The normalized spacial score (nSPS) is 14.3. The lowest BCUT2D eigenvalue weighted by Gasteiger charge is -2.22. The van der Waals surface area contributed by atoms with Gasteiger partial charge in [0.1, 0.15) is 12.1 Å². The number of thiol groups is 1. The molecule has 0 spiro atoms. The molecular weight excluding hydrogens is 356 g/mol. The minimum atomic E-state index is -1.25. The van der Waals surface area contributed by atoms with Crippen LogP contribution in [0, 0.1) is 0 Å². The van der Waals surface area contributed by atoms with Crippen molar-refractivity contribution in [1.29, 1.82) is 0 Å². The van der Waals surface area contributed by atoms with E-state index in [1.165, 1.54) is 11.8 Å². The van der Waals surface area contributed by atoms with E-state index in [9.17, 15) is 19.2 Å². The number of primary amides is 1. The van der Waals surface area contributed by atoms with Crippen molar-refractivity contribution in [2.24, 2.45) is 11.5 Å². The fourth-order valence-corrected chi connectivity index (χ4v) is 2.40. The third-order valence-electron chi connectivity index (χ3n) is 3.08. The molecule has 138 valence electrons. The number of carbonyl (C=O) groups is 4. The molecule has 0 saturated heterocycles. The van der Waals surface area contributed by atoms with Crippen molar-refractivity contribution < 1.29 is 24.3 Å². The van der Waals surface area contributed by atoms with Gasteiger partial charge in [0.15, 0.2) is 0 Å². The highest BCUT2D eigenvalue weighted by Gasteiger charge is 2.27. The molecule has 3 unspecified atom stereocenters. The molecule has 3 atom stereocenters. The van der Waals surface area contributed by atoms with Gasteiger partial charge in [0.2, 0.25) is 17.7 Å². The minimum Gasteiger partial charge on any atom is -0.480 e. The second-order valence-corrected chi connectivity index (χ2v) is 6.39. The summed E-state index contributed by atoms with van der Waals surface area (Å²) in [7, 11) is 0. The number of hydrogen-bond donors (Lipinski definition) is 6. The molecule has 7 N–H and O–H groups in total. The Balaban J connectivity index is 4.89. The number of hydrogen-bond acceptors (Lipinski definition) is 7. The summed E-state index contributed by atoms with van der Waals surface area (Å²) in [6, 6.07) is -3.12. The third-order valence-corrected chi connectivity index (χ3v) is 4.09. The Labute approximate surface area is 150 Å². The van der Waals surface area contributed by atoms with Crippen LogP contribution >= 0.6 is 24.4 Å². The summed E-state index contributed by atoms with van der Waals surface area (Å²) < 4.78 is 0. The molecule has 11 heteroatoms. The number of rotatable bonds is 12. The van der Waals surface area contributed by atoms with Crippen LogP contribution in [0.25, 0.3) is 0 Å². The van der Waals surface area contributed by atoms with Gasteiger partial charge in [-0.1, -0.05) is 0 Å². The van der Waals surface area contributed by atoms with Crippen molar-refractivity contribution in [2.75, 3.05) is 17.8 Å². The molecule has 0 radical (unpaired) electrons. The first-order chi connectivity index (χ1) is 11.2. The van der Waals surface area contributed by atoms with Gasteiger partial charge in [-0.3, -0.25) is 14.4 Å². The molecular formula is C13H24N4O5S2. The average Bonchev–Trinajstić information content (AvgIpc) is 2.52. The molecule has 0 saturated carbocycles. The monoisotopic (exact) mass is 380 g/mol. The van der Waals surface area contributed by atoms with Crippen LogP contribution in [-0.2, 0) is 19.2 Å². The van der Waals surface area contributed by atoms with Gasteiger partial charge >= 0.3 is 5.97 Å². The Hall–Kier alpha value is -1.46. The molecule has 0 aromatic heterocycles. The number of carbonyl (C=O) groups excluding carboxylic acids is 3. The van der Waals surface area contributed by atoms with E-state index >= 15 is 0 Å². The number of nitrogens with one attached hydrogen (secondary N) is 2. The van der Waals surface area contributed by atoms with Crippen LogP contribution in [0.15, 0.2) is 0 Å². The first-order valence-electron chi connectivity index (χ1n) is 7.20. The molecule has 0 aromatic carbocycles. The summed E-state index contributed by atoms with van der Waals surface area (Å²) in [4.78, 5) is 46.1. The summed E-state index contributed by atoms with van der Waals surface area (Å²) >= 11 is 5.37. The maximum absolute atomic E-state index is 12.2. The molecule has 0 aliphatic heterocycles. The van der Waals surface area contributed by atoms with Gasteiger partial charge < -0.3 is 27.2 Å². The van der Waals surface area contributed by atoms with Crippen molar-refractivity contribution in [3.63, 3.8) is 0 Å². The van der Waals surface area contributed by atoms with Gasteiger partial charge in [-0.05, 0) is 24.9 Å². The number of aliphatic carboxylic acids is 1. The predicted molar refractivity (Wildman–Crippen MR) is 94.8 cm³/mol. The Morgan fingerprint density at radius 3 is 2.17 bits per heavy atom. The van der Waals surface area contributed by atoms with Crippen molar-refractivity contribution in [3.05, 3.63) is 0 Å². The topological polar surface area (TPSA) is 165 Å². The van der Waals surface area contributed by atoms with Gasteiger partial charge in [0.25, 0.3) is 0 Å². The van der Waals surface area contributed by atoms with Crippen LogP contribution in [-0.4, -0.2) is 64.7 Å². The summed E-state index contributed by atoms with van der Waals surface area (Å²) in [5.41, 5.74) is 10.8. The molecule has 9 nitrogen and oxygen atoms in total. The molecule has 0 rings (SSSR count). The summed E-state index contributed by atoms with van der Waals surface area (Å²) in [5.74, 6) is -2.62. The zero-order valence-corrected chi connectivity index (χ0v) is 15.1. The summed E-state index contributed by atoms with van der Waals surface area (Å²) in [5, 5.41) is 13.6. The SMILES string of the molecule is CSCCC(N)C(=O)NC(CCC(N)=O)C(=O)NC(CS)C(=O)O. The number of carboxylic acid groups (broad SMARTS) is 1. The van der Waals surface area contributed by atoms with E-state index in [4.69, 9.17) is 16.6 Å². The summed E-state index contributed by atoms with van der Waals surface area (Å²) in [6.07, 6.45) is 2.10. The fourth-order valence-electron chi connectivity index (χ4n) is 1.67. The maximum Gasteiger partial charge on any atom is 0.327 e. The fraction of sp³-hybridized carbons (Fsp3) is 0.692. The highest BCUT2D eigenvalue weighted by atomic mass is 32.2. The lowest BCUT2D eigenvalue weighted by Crippen LogP contribution is -2.55. The number of nitrogens with two attached hydrogens (primary N) is 2. The lowest BCUT2D eigenvalue weighted by atomic mass is 10.1. The second kappa shape index (κ2) is 12.0. The van der Waals surface area contributed by atoms with Gasteiger partial charge in [0, 0.05) is 12.2 Å². The quantitative estimate of drug-likeness (QED) is 0.220. The highest BCUT2D eigenvalue weighted by Crippen LogP contribution is 2.03. The molecule has 0 heterocycles. The Kier molecular flexibility index (Phi) is 11.3. The summed E-state index contributed by atoms with van der Waals surface area (Å²) in [6.45, 7) is 0. The van der Waals surface area contributed by atoms with Gasteiger partial charge in [-0.2, -0.15) is 24.4 Å². The second-order valence-electron chi connectivity index (χ2n) is 5.04. The van der Waals surface area contributed by atoms with Gasteiger partial charge in [-0.25, -0.2) is 4.79 Å². The van der Waals surface area contributed by atoms with E-state index < -0.39 is 41.8 Å². The van der Waals surface area contributed by atoms with Crippen molar-refractivity contribution >= 4 is 48.1 Å². The smallest absolute Gasteiger partial charge is 0.327 e. The maximum atomic E-state index is 12.2. The highest BCUT2D eigenvalue weighted by molar-refractivity contribution is 7.98. The standard InChI is InChI=1S/C13H24N4O5S2/c1-24-5-4-7(14)11(19)16-8(2-3-10(15)18)12(20)17-9(6-23)13(21)22/h7-9,23H,2-6,14H2,1H3,(H2,15,18)(H,16,19)(H,17,20)(H,21,22). The van der Waals surface area contributed by atoms with E-state index in [-0.39, 0.29) is 18.6 Å². The average molecular weight is 380 g/mol. The Morgan fingerprint density at radius 2 is 1.71 bits per heavy atom. The molecule has 0 aliphatic rings. The van der Waals surface area contributed by atoms with Crippen molar-refractivity contribution in [2.45, 2.75) is 37.4 Å². The first-order valence-corrected chi connectivity index (χ1v) is 9.22. The molecule has 0 aliphatic carbocycles. The zero-order chi connectivity index (χ0) is 18.7.